The van der Waals surface area contributed by atoms with Crippen LogP contribution in [0.2, 0.25) is 0 Å². The van der Waals surface area contributed by atoms with Gasteiger partial charge in [0.05, 0.1) is 5.52 Å². The number of fused-ring (bicyclic) bond motifs is 1. The molecule has 2 amide bonds. The van der Waals surface area contributed by atoms with Crippen LogP contribution < -0.4 is 5.32 Å². The number of nitrogens with zero attached hydrogens (tertiary/aromatic N) is 2. The third kappa shape index (κ3) is 3.68. The maximum atomic E-state index is 12.5. The summed E-state index contributed by atoms with van der Waals surface area (Å²) in [5.74, 6) is -0.242. The van der Waals surface area contributed by atoms with Crippen molar-refractivity contribution in [3.8, 4) is 0 Å². The van der Waals surface area contributed by atoms with E-state index >= 15 is 0 Å². The second-order valence-electron chi connectivity index (χ2n) is 5.81. The molecule has 0 radical (unpaired) electrons. The SMILES string of the molecule is CCN(Cc1cccc(NC(=O)c2n[nH]c3ccccc23)c1)C(C)=O. The average Bonchev–Trinajstić information content (AvgIpc) is 3.04. The summed E-state index contributed by atoms with van der Waals surface area (Å²) >= 11 is 0. The lowest BCUT2D eigenvalue weighted by atomic mass is 10.1. The number of aromatic amines is 1. The Morgan fingerprint density at radius 1 is 1.16 bits per heavy atom. The second-order valence-corrected chi connectivity index (χ2v) is 5.81. The maximum Gasteiger partial charge on any atom is 0.276 e. The quantitative estimate of drug-likeness (QED) is 0.751. The molecule has 1 aromatic heterocycles. The highest BCUT2D eigenvalue weighted by Crippen LogP contribution is 2.18. The summed E-state index contributed by atoms with van der Waals surface area (Å²) in [6, 6.07) is 15.0. The number of benzene rings is 2. The summed E-state index contributed by atoms with van der Waals surface area (Å²) in [6.45, 7) is 4.65. The summed E-state index contributed by atoms with van der Waals surface area (Å²) in [4.78, 5) is 25.8. The van der Waals surface area contributed by atoms with Gasteiger partial charge in [-0.05, 0) is 30.7 Å². The maximum absolute atomic E-state index is 12.5. The number of amides is 2. The summed E-state index contributed by atoms with van der Waals surface area (Å²) in [6.07, 6.45) is 0. The van der Waals surface area contributed by atoms with Crippen LogP contribution in [0.5, 0.6) is 0 Å². The molecule has 0 saturated heterocycles. The number of hydrogen-bond donors (Lipinski definition) is 2. The van der Waals surface area contributed by atoms with Crippen molar-refractivity contribution in [1.82, 2.24) is 15.1 Å². The van der Waals surface area contributed by atoms with Gasteiger partial charge in [-0.1, -0.05) is 30.3 Å². The van der Waals surface area contributed by atoms with Gasteiger partial charge in [0.2, 0.25) is 5.91 Å². The number of aromatic nitrogens is 2. The van der Waals surface area contributed by atoms with Gasteiger partial charge in [0.1, 0.15) is 0 Å². The van der Waals surface area contributed by atoms with Gasteiger partial charge in [-0.3, -0.25) is 14.7 Å². The fourth-order valence-electron chi connectivity index (χ4n) is 2.74. The Morgan fingerprint density at radius 3 is 2.72 bits per heavy atom. The van der Waals surface area contributed by atoms with Crippen LogP contribution >= 0.6 is 0 Å². The van der Waals surface area contributed by atoms with Gasteiger partial charge in [-0.25, -0.2) is 0 Å². The minimum atomic E-state index is -0.270. The molecule has 0 bridgehead atoms. The molecule has 0 atom stereocenters. The van der Waals surface area contributed by atoms with E-state index in [-0.39, 0.29) is 11.8 Å². The smallest absolute Gasteiger partial charge is 0.276 e. The van der Waals surface area contributed by atoms with Crippen LogP contribution in [-0.2, 0) is 11.3 Å². The Balaban J connectivity index is 1.78. The molecule has 0 aliphatic carbocycles. The zero-order valence-electron chi connectivity index (χ0n) is 14.2. The van der Waals surface area contributed by atoms with E-state index in [4.69, 9.17) is 0 Å². The average molecular weight is 336 g/mol. The predicted octanol–water partition coefficient (Wildman–Crippen LogP) is 3.18. The van der Waals surface area contributed by atoms with Crippen molar-refractivity contribution in [2.75, 3.05) is 11.9 Å². The molecule has 0 spiro atoms. The van der Waals surface area contributed by atoms with E-state index in [0.29, 0.717) is 24.5 Å². The van der Waals surface area contributed by atoms with Gasteiger partial charge in [0.25, 0.3) is 5.91 Å². The van der Waals surface area contributed by atoms with Crippen molar-refractivity contribution in [2.45, 2.75) is 20.4 Å². The number of carbonyl (C=O) groups is 2. The highest BCUT2D eigenvalue weighted by molar-refractivity contribution is 6.11. The Kier molecular flexibility index (Phi) is 4.79. The first-order chi connectivity index (χ1) is 12.1. The first kappa shape index (κ1) is 16.7. The van der Waals surface area contributed by atoms with Gasteiger partial charge in [0.15, 0.2) is 5.69 Å². The first-order valence-corrected chi connectivity index (χ1v) is 8.17. The molecular weight excluding hydrogens is 316 g/mol. The van der Waals surface area contributed by atoms with Gasteiger partial charge < -0.3 is 10.2 Å². The highest BCUT2D eigenvalue weighted by Gasteiger charge is 2.14. The standard InChI is InChI=1S/C19H20N4O2/c1-3-23(13(2)24)12-14-7-6-8-15(11-14)20-19(25)18-16-9-4-5-10-17(16)21-22-18/h4-11H,3,12H2,1-2H3,(H,20,25)(H,21,22). The number of carbonyl (C=O) groups excluding carboxylic acids is 2. The molecular formula is C19H20N4O2. The monoisotopic (exact) mass is 336 g/mol. The van der Waals surface area contributed by atoms with Crippen LogP contribution in [0.15, 0.2) is 48.5 Å². The number of rotatable bonds is 5. The van der Waals surface area contributed by atoms with Gasteiger partial charge in [-0.2, -0.15) is 5.10 Å². The van der Waals surface area contributed by atoms with Crippen molar-refractivity contribution in [2.24, 2.45) is 0 Å². The molecule has 128 valence electrons. The van der Waals surface area contributed by atoms with Crippen LogP contribution in [0.3, 0.4) is 0 Å². The predicted molar refractivity (Wildman–Crippen MR) is 97.3 cm³/mol. The fourth-order valence-corrected chi connectivity index (χ4v) is 2.74. The number of anilines is 1. The Morgan fingerprint density at radius 2 is 1.96 bits per heavy atom. The third-order valence-electron chi connectivity index (χ3n) is 4.07. The lowest BCUT2D eigenvalue weighted by molar-refractivity contribution is -0.129. The van der Waals surface area contributed by atoms with E-state index in [1.54, 1.807) is 11.8 Å². The normalized spacial score (nSPS) is 10.6. The van der Waals surface area contributed by atoms with Gasteiger partial charge in [-0.15, -0.1) is 0 Å². The van der Waals surface area contributed by atoms with E-state index < -0.39 is 0 Å². The van der Waals surface area contributed by atoms with E-state index in [1.807, 2.05) is 55.5 Å². The minimum Gasteiger partial charge on any atom is -0.339 e. The summed E-state index contributed by atoms with van der Waals surface area (Å²) < 4.78 is 0. The zero-order chi connectivity index (χ0) is 17.8. The number of para-hydroxylation sites is 1. The molecule has 3 rings (SSSR count). The van der Waals surface area contributed by atoms with E-state index in [2.05, 4.69) is 15.5 Å². The van der Waals surface area contributed by atoms with Crippen molar-refractivity contribution < 1.29 is 9.59 Å². The number of H-pyrrole nitrogens is 1. The fraction of sp³-hybridized carbons (Fsp3) is 0.211. The molecule has 3 aromatic rings. The van der Waals surface area contributed by atoms with Crippen molar-refractivity contribution in [3.63, 3.8) is 0 Å². The van der Waals surface area contributed by atoms with Crippen molar-refractivity contribution in [1.29, 1.82) is 0 Å². The molecule has 2 aromatic carbocycles. The van der Waals surface area contributed by atoms with Crippen LogP contribution in [-0.4, -0.2) is 33.5 Å². The lowest BCUT2D eigenvalue weighted by Crippen LogP contribution is -2.27. The molecule has 0 aliphatic heterocycles. The summed E-state index contributed by atoms with van der Waals surface area (Å²) in [7, 11) is 0. The molecule has 0 aliphatic rings. The number of nitrogens with one attached hydrogen (secondary N) is 2. The summed E-state index contributed by atoms with van der Waals surface area (Å²) in [5.41, 5.74) is 2.82. The Labute approximate surface area is 145 Å². The van der Waals surface area contributed by atoms with E-state index in [9.17, 15) is 9.59 Å². The van der Waals surface area contributed by atoms with Crippen LogP contribution in [0.1, 0.15) is 29.9 Å². The van der Waals surface area contributed by atoms with Gasteiger partial charge >= 0.3 is 0 Å². The molecule has 2 N–H and O–H groups in total. The zero-order valence-corrected chi connectivity index (χ0v) is 14.2. The van der Waals surface area contributed by atoms with Crippen LogP contribution in [0.4, 0.5) is 5.69 Å². The lowest BCUT2D eigenvalue weighted by Gasteiger charge is -2.19. The van der Waals surface area contributed by atoms with E-state index in [1.165, 1.54) is 0 Å². The molecule has 25 heavy (non-hydrogen) atoms. The van der Waals surface area contributed by atoms with E-state index in [0.717, 1.165) is 16.5 Å². The van der Waals surface area contributed by atoms with Crippen LogP contribution in [0, 0.1) is 0 Å². The first-order valence-electron chi connectivity index (χ1n) is 8.17. The molecule has 6 nitrogen and oxygen atoms in total. The Hall–Kier alpha value is -3.15. The molecule has 0 fully saturated rings. The summed E-state index contributed by atoms with van der Waals surface area (Å²) in [5, 5.41) is 10.6. The molecule has 1 heterocycles. The molecule has 6 heteroatoms. The minimum absolute atomic E-state index is 0.0277. The topological polar surface area (TPSA) is 78.1 Å². The van der Waals surface area contributed by atoms with Crippen LogP contribution in [0.25, 0.3) is 10.9 Å². The molecule has 0 saturated carbocycles. The van der Waals surface area contributed by atoms with Gasteiger partial charge in [0, 0.05) is 31.1 Å². The Bertz CT molecular complexity index is 916. The molecule has 0 unspecified atom stereocenters. The van der Waals surface area contributed by atoms with Crippen molar-refractivity contribution in [3.05, 3.63) is 59.8 Å². The highest BCUT2D eigenvalue weighted by atomic mass is 16.2. The second kappa shape index (κ2) is 7.17. The third-order valence-corrected chi connectivity index (χ3v) is 4.07. The number of hydrogen-bond acceptors (Lipinski definition) is 3. The largest absolute Gasteiger partial charge is 0.339 e. The van der Waals surface area contributed by atoms with Crippen molar-refractivity contribution >= 4 is 28.4 Å².